The highest BCUT2D eigenvalue weighted by Crippen LogP contribution is 2.35. The summed E-state index contributed by atoms with van der Waals surface area (Å²) in [5.74, 6) is 0.522. The molecule has 2 aromatic heterocycles. The first-order valence-corrected chi connectivity index (χ1v) is 11.6. The van der Waals surface area contributed by atoms with E-state index in [9.17, 15) is 4.79 Å². The Hall–Kier alpha value is -3.00. The van der Waals surface area contributed by atoms with Crippen molar-refractivity contribution in [2.45, 2.75) is 19.5 Å². The Labute approximate surface area is 190 Å². The molecule has 0 saturated carbocycles. The average molecular weight is 450 g/mol. The third kappa shape index (κ3) is 4.85. The number of carbonyl (C=O) groups is 1. The molecule has 0 radical (unpaired) electrons. The van der Waals surface area contributed by atoms with Gasteiger partial charge in [-0.25, -0.2) is 4.98 Å². The second-order valence-electron chi connectivity index (χ2n) is 6.89. The van der Waals surface area contributed by atoms with E-state index in [1.54, 1.807) is 23.3 Å². The van der Waals surface area contributed by atoms with Gasteiger partial charge in [0.05, 0.1) is 24.5 Å². The summed E-state index contributed by atoms with van der Waals surface area (Å²) < 4.78 is 5.45. The number of nitrogens with zero attached hydrogens (tertiary/aromatic N) is 2. The van der Waals surface area contributed by atoms with Crippen molar-refractivity contribution in [3.63, 3.8) is 0 Å². The van der Waals surface area contributed by atoms with E-state index in [-0.39, 0.29) is 11.9 Å². The molecule has 7 heteroatoms. The van der Waals surface area contributed by atoms with Crippen LogP contribution in [0.2, 0.25) is 0 Å². The fourth-order valence-corrected chi connectivity index (χ4v) is 5.10. The molecule has 0 aliphatic carbocycles. The van der Waals surface area contributed by atoms with Gasteiger partial charge in [-0.2, -0.15) is 0 Å². The molecular weight excluding hydrogens is 426 g/mol. The SMILES string of the molecule is COc1ccccc1N(C(C)=O)c1nc(CNC(c2ccccc2)c2cccs2)cs1. The van der Waals surface area contributed by atoms with Crippen molar-refractivity contribution in [3.8, 4) is 5.75 Å². The number of amides is 1. The molecule has 0 aliphatic rings. The molecule has 0 fully saturated rings. The maximum Gasteiger partial charge on any atom is 0.230 e. The summed E-state index contributed by atoms with van der Waals surface area (Å²) in [5, 5.41) is 8.33. The second-order valence-corrected chi connectivity index (χ2v) is 8.70. The standard InChI is InChI=1S/C24H23N3O2S2/c1-17(28)27(20-11-6-7-12-21(20)29-2)24-26-19(16-31-24)15-25-23(22-13-8-14-30-22)18-9-4-3-5-10-18/h3-14,16,23,25H,15H2,1-2H3. The lowest BCUT2D eigenvalue weighted by atomic mass is 10.1. The smallest absolute Gasteiger partial charge is 0.230 e. The van der Waals surface area contributed by atoms with Crippen LogP contribution in [0, 0.1) is 0 Å². The maximum atomic E-state index is 12.5. The fourth-order valence-electron chi connectivity index (χ4n) is 3.39. The van der Waals surface area contributed by atoms with E-state index >= 15 is 0 Å². The van der Waals surface area contributed by atoms with Gasteiger partial charge in [-0.1, -0.05) is 48.5 Å². The Bertz CT molecular complexity index is 1130. The molecular formula is C24H23N3O2S2. The zero-order valence-electron chi connectivity index (χ0n) is 17.3. The molecule has 4 aromatic rings. The summed E-state index contributed by atoms with van der Waals surface area (Å²) >= 11 is 3.18. The topological polar surface area (TPSA) is 54.5 Å². The molecule has 0 saturated heterocycles. The molecule has 0 aliphatic heterocycles. The fraction of sp³-hybridized carbons (Fsp3) is 0.167. The molecule has 1 atom stereocenters. The van der Waals surface area contributed by atoms with Crippen LogP contribution in [0.1, 0.15) is 29.1 Å². The number of para-hydroxylation sites is 2. The summed E-state index contributed by atoms with van der Waals surface area (Å²) in [4.78, 5) is 20.0. The van der Waals surface area contributed by atoms with Gasteiger partial charge >= 0.3 is 0 Å². The Morgan fingerprint density at radius 1 is 1.06 bits per heavy atom. The van der Waals surface area contributed by atoms with Crippen LogP contribution in [0.15, 0.2) is 77.5 Å². The second kappa shape index (κ2) is 9.87. The van der Waals surface area contributed by atoms with Crippen molar-refractivity contribution in [2.24, 2.45) is 0 Å². The van der Waals surface area contributed by atoms with Crippen LogP contribution in [-0.4, -0.2) is 18.0 Å². The van der Waals surface area contributed by atoms with E-state index in [1.165, 1.54) is 28.7 Å². The molecule has 0 bridgehead atoms. The minimum atomic E-state index is -0.112. The summed E-state index contributed by atoms with van der Waals surface area (Å²) in [7, 11) is 1.60. The van der Waals surface area contributed by atoms with E-state index in [4.69, 9.17) is 9.72 Å². The van der Waals surface area contributed by atoms with Crippen molar-refractivity contribution < 1.29 is 9.53 Å². The number of hydrogen-bond acceptors (Lipinski definition) is 6. The molecule has 2 heterocycles. The first-order chi connectivity index (χ1) is 15.2. The molecule has 2 aromatic carbocycles. The predicted molar refractivity (Wildman–Crippen MR) is 127 cm³/mol. The largest absolute Gasteiger partial charge is 0.495 e. The third-order valence-corrected chi connectivity index (χ3v) is 6.63. The molecule has 31 heavy (non-hydrogen) atoms. The highest BCUT2D eigenvalue weighted by molar-refractivity contribution is 7.14. The predicted octanol–water partition coefficient (Wildman–Crippen LogP) is 5.78. The van der Waals surface area contributed by atoms with Crippen LogP contribution in [0.25, 0.3) is 0 Å². The molecule has 5 nitrogen and oxygen atoms in total. The number of ether oxygens (including phenoxy) is 1. The maximum absolute atomic E-state index is 12.5. The van der Waals surface area contributed by atoms with E-state index in [0.717, 1.165) is 5.69 Å². The molecule has 1 unspecified atom stereocenters. The zero-order chi connectivity index (χ0) is 21.6. The minimum absolute atomic E-state index is 0.0875. The normalized spacial score (nSPS) is 11.8. The van der Waals surface area contributed by atoms with Crippen molar-refractivity contribution in [1.29, 1.82) is 0 Å². The van der Waals surface area contributed by atoms with Gasteiger partial charge in [-0.05, 0) is 29.1 Å². The lowest BCUT2D eigenvalue weighted by Gasteiger charge is -2.20. The Morgan fingerprint density at radius 2 is 1.84 bits per heavy atom. The summed E-state index contributed by atoms with van der Waals surface area (Å²) in [6.07, 6.45) is 0. The minimum Gasteiger partial charge on any atom is -0.495 e. The molecule has 0 spiro atoms. The van der Waals surface area contributed by atoms with Gasteiger partial charge in [-0.15, -0.1) is 22.7 Å². The number of methoxy groups -OCH3 is 1. The van der Waals surface area contributed by atoms with E-state index < -0.39 is 0 Å². The van der Waals surface area contributed by atoms with Crippen molar-refractivity contribution in [1.82, 2.24) is 10.3 Å². The lowest BCUT2D eigenvalue weighted by molar-refractivity contribution is -0.115. The Kier molecular flexibility index (Phi) is 6.76. The van der Waals surface area contributed by atoms with Gasteiger partial charge in [0.1, 0.15) is 5.75 Å². The molecule has 4 rings (SSSR count). The van der Waals surface area contributed by atoms with Gasteiger partial charge in [0.15, 0.2) is 5.13 Å². The van der Waals surface area contributed by atoms with Gasteiger partial charge < -0.3 is 4.74 Å². The van der Waals surface area contributed by atoms with Gasteiger partial charge in [0, 0.05) is 23.7 Å². The number of rotatable bonds is 8. The van der Waals surface area contributed by atoms with Crippen LogP contribution in [0.3, 0.4) is 0 Å². The van der Waals surface area contributed by atoms with Crippen LogP contribution in [0.5, 0.6) is 5.75 Å². The van der Waals surface area contributed by atoms with Crippen molar-refractivity contribution in [2.75, 3.05) is 12.0 Å². The zero-order valence-corrected chi connectivity index (χ0v) is 19.0. The van der Waals surface area contributed by atoms with Gasteiger partial charge in [-0.3, -0.25) is 15.0 Å². The highest BCUT2D eigenvalue weighted by atomic mass is 32.1. The van der Waals surface area contributed by atoms with Gasteiger partial charge in [0.2, 0.25) is 5.91 Å². The monoisotopic (exact) mass is 449 g/mol. The summed E-state index contributed by atoms with van der Waals surface area (Å²) in [6, 6.07) is 22.1. The number of anilines is 2. The first kappa shape index (κ1) is 21.2. The Morgan fingerprint density at radius 3 is 2.55 bits per heavy atom. The number of benzene rings is 2. The number of hydrogen-bond donors (Lipinski definition) is 1. The lowest BCUT2D eigenvalue weighted by Crippen LogP contribution is -2.24. The number of thiophene rings is 1. The van der Waals surface area contributed by atoms with Gasteiger partial charge in [0.25, 0.3) is 0 Å². The number of carbonyl (C=O) groups excluding carboxylic acids is 1. The van der Waals surface area contributed by atoms with Crippen LogP contribution >= 0.6 is 22.7 Å². The number of aromatic nitrogens is 1. The third-order valence-electron chi connectivity index (χ3n) is 4.82. The van der Waals surface area contributed by atoms with Crippen LogP contribution < -0.4 is 15.0 Å². The van der Waals surface area contributed by atoms with Crippen molar-refractivity contribution in [3.05, 3.63) is 93.6 Å². The van der Waals surface area contributed by atoms with E-state index in [2.05, 4.69) is 47.1 Å². The molecule has 1 N–H and O–H groups in total. The summed E-state index contributed by atoms with van der Waals surface area (Å²) in [5.41, 5.74) is 2.78. The summed E-state index contributed by atoms with van der Waals surface area (Å²) in [6.45, 7) is 2.12. The molecule has 158 valence electrons. The van der Waals surface area contributed by atoms with E-state index in [0.29, 0.717) is 23.1 Å². The van der Waals surface area contributed by atoms with Crippen LogP contribution in [-0.2, 0) is 11.3 Å². The number of nitrogens with one attached hydrogen (secondary N) is 1. The Balaban J connectivity index is 1.56. The first-order valence-electron chi connectivity index (χ1n) is 9.87. The van der Waals surface area contributed by atoms with E-state index in [1.807, 2.05) is 35.7 Å². The highest BCUT2D eigenvalue weighted by Gasteiger charge is 2.22. The molecule has 1 amide bonds. The quantitative estimate of drug-likeness (QED) is 0.371. The number of thiazole rings is 1. The van der Waals surface area contributed by atoms with Crippen molar-refractivity contribution >= 4 is 39.4 Å². The van der Waals surface area contributed by atoms with Crippen LogP contribution in [0.4, 0.5) is 10.8 Å². The average Bonchev–Trinajstić information content (AvgIpc) is 3.48.